The second-order valence-corrected chi connectivity index (χ2v) is 21.0. The lowest BCUT2D eigenvalue weighted by Crippen LogP contribution is -2.45. The smallest absolute Gasteiger partial charge is 0.305 e. The summed E-state index contributed by atoms with van der Waals surface area (Å²) in [6, 6.07) is -0.637. The van der Waals surface area contributed by atoms with Gasteiger partial charge in [-0.3, -0.25) is 9.59 Å². The number of unbranched alkanes of at least 4 members (excludes halogenated alkanes) is 44. The molecule has 0 saturated heterocycles. The molecule has 3 N–H and O–H groups in total. The van der Waals surface area contributed by atoms with E-state index in [9.17, 15) is 19.8 Å². The van der Waals surface area contributed by atoms with Crippen molar-refractivity contribution in [2.24, 2.45) is 0 Å². The molecule has 0 radical (unpaired) electrons. The van der Waals surface area contributed by atoms with Gasteiger partial charge >= 0.3 is 5.97 Å². The van der Waals surface area contributed by atoms with Crippen molar-refractivity contribution in [3.05, 3.63) is 24.3 Å². The maximum atomic E-state index is 12.5. The van der Waals surface area contributed by atoms with Gasteiger partial charge in [-0.25, -0.2) is 0 Å². The van der Waals surface area contributed by atoms with Crippen molar-refractivity contribution in [2.75, 3.05) is 13.2 Å². The van der Waals surface area contributed by atoms with E-state index in [1.54, 1.807) is 6.08 Å². The Kier molecular flexibility index (Phi) is 56.5. The van der Waals surface area contributed by atoms with Gasteiger partial charge < -0.3 is 20.3 Å². The maximum absolute atomic E-state index is 12.5. The number of ether oxygens (including phenoxy) is 1. The van der Waals surface area contributed by atoms with Gasteiger partial charge in [0.1, 0.15) is 0 Å². The van der Waals surface area contributed by atoms with Gasteiger partial charge in [0.05, 0.1) is 25.4 Å². The molecule has 6 heteroatoms. The highest BCUT2D eigenvalue weighted by molar-refractivity contribution is 5.76. The third kappa shape index (κ3) is 53.7. The lowest BCUT2D eigenvalue weighted by atomic mass is 10.0. The first kappa shape index (κ1) is 66.3. The predicted molar refractivity (Wildman–Crippen MR) is 296 cm³/mol. The number of hydrogen-bond donors (Lipinski definition) is 3. The Morgan fingerprint density at radius 1 is 0.397 bits per heavy atom. The minimum atomic E-state index is -0.852. The van der Waals surface area contributed by atoms with E-state index in [0.717, 1.165) is 57.8 Å². The fourth-order valence-electron chi connectivity index (χ4n) is 9.51. The molecule has 402 valence electrons. The van der Waals surface area contributed by atoms with Crippen molar-refractivity contribution in [3.8, 4) is 0 Å². The average molecular weight is 959 g/mol. The molecule has 0 spiro atoms. The van der Waals surface area contributed by atoms with E-state index < -0.39 is 12.1 Å². The predicted octanol–water partition coefficient (Wildman–Crippen LogP) is 19.0. The quantitative estimate of drug-likeness (QED) is 0.0321. The molecule has 0 aromatic carbocycles. The number of aliphatic hydroxyl groups excluding tert-OH is 2. The Morgan fingerprint density at radius 3 is 1.04 bits per heavy atom. The second-order valence-electron chi connectivity index (χ2n) is 21.0. The van der Waals surface area contributed by atoms with Crippen molar-refractivity contribution < 1.29 is 24.5 Å². The van der Waals surface area contributed by atoms with Gasteiger partial charge in [0, 0.05) is 12.8 Å². The second kappa shape index (κ2) is 57.9. The van der Waals surface area contributed by atoms with Crippen molar-refractivity contribution in [2.45, 2.75) is 347 Å². The molecular formula is C62H119NO5. The molecule has 0 aliphatic carbocycles. The molecular weight excluding hydrogens is 839 g/mol. The molecule has 0 bridgehead atoms. The van der Waals surface area contributed by atoms with E-state index in [-0.39, 0.29) is 18.5 Å². The van der Waals surface area contributed by atoms with Gasteiger partial charge in [0.15, 0.2) is 0 Å². The zero-order valence-corrected chi connectivity index (χ0v) is 45.9. The zero-order valence-electron chi connectivity index (χ0n) is 45.9. The van der Waals surface area contributed by atoms with Gasteiger partial charge in [0.2, 0.25) is 5.91 Å². The molecule has 0 rings (SSSR count). The zero-order chi connectivity index (χ0) is 49.3. The van der Waals surface area contributed by atoms with Crippen LogP contribution in [-0.2, 0) is 14.3 Å². The first-order valence-electron chi connectivity index (χ1n) is 30.6. The number of hydrogen-bond acceptors (Lipinski definition) is 5. The van der Waals surface area contributed by atoms with Crippen molar-refractivity contribution in [1.82, 2.24) is 5.32 Å². The molecule has 0 aromatic rings. The number of rotatable bonds is 57. The van der Waals surface area contributed by atoms with Crippen LogP contribution in [0, 0.1) is 0 Å². The van der Waals surface area contributed by atoms with Crippen molar-refractivity contribution in [3.63, 3.8) is 0 Å². The summed E-state index contributed by atoms with van der Waals surface area (Å²) in [5.74, 6) is -0.0767. The van der Waals surface area contributed by atoms with Crippen LogP contribution in [0.15, 0.2) is 24.3 Å². The first-order chi connectivity index (χ1) is 33.5. The van der Waals surface area contributed by atoms with Crippen LogP contribution in [0.4, 0.5) is 0 Å². The summed E-state index contributed by atoms with van der Waals surface area (Å²) in [6.45, 7) is 4.91. The van der Waals surface area contributed by atoms with Gasteiger partial charge in [-0.15, -0.1) is 0 Å². The maximum Gasteiger partial charge on any atom is 0.305 e. The highest BCUT2D eigenvalue weighted by Crippen LogP contribution is 2.17. The third-order valence-corrected chi connectivity index (χ3v) is 14.2. The Labute approximate surface area is 424 Å². The van der Waals surface area contributed by atoms with Gasteiger partial charge in [-0.05, 0) is 57.8 Å². The molecule has 68 heavy (non-hydrogen) atoms. The van der Waals surface area contributed by atoms with Crippen LogP contribution in [0.25, 0.3) is 0 Å². The van der Waals surface area contributed by atoms with Crippen LogP contribution >= 0.6 is 0 Å². The minimum Gasteiger partial charge on any atom is -0.466 e. The Hall–Kier alpha value is -1.66. The molecule has 1 amide bonds. The average Bonchev–Trinajstić information content (AvgIpc) is 3.34. The number of allylic oxidation sites excluding steroid dienone is 3. The standard InChI is InChI=1S/C62H119NO5/c1-3-5-7-9-11-13-15-17-19-20-21-23-27-30-34-38-42-46-50-54-60(65)59(58-64)63-61(66)55-51-47-43-39-35-31-28-24-22-25-29-33-37-41-45-49-53-57-68-62(67)56-52-48-44-40-36-32-26-18-16-14-12-10-8-6-4-2/h22,25,50,54,59-60,64-65H,3-21,23-24,26-49,51-53,55-58H2,1-2H3,(H,63,66)/b25-22-,54-50+. The lowest BCUT2D eigenvalue weighted by Gasteiger charge is -2.20. The minimum absolute atomic E-state index is 0.000597. The Morgan fingerprint density at radius 2 is 0.691 bits per heavy atom. The normalized spacial score (nSPS) is 12.7. The van der Waals surface area contributed by atoms with E-state index in [2.05, 4.69) is 31.3 Å². The molecule has 0 aliphatic heterocycles. The molecule has 0 saturated carbocycles. The Balaban J connectivity index is 3.47. The topological polar surface area (TPSA) is 95.9 Å². The van der Waals surface area contributed by atoms with Crippen molar-refractivity contribution >= 4 is 11.9 Å². The summed E-state index contributed by atoms with van der Waals surface area (Å²) in [4.78, 5) is 24.5. The molecule has 0 fully saturated rings. The van der Waals surface area contributed by atoms with Crippen LogP contribution < -0.4 is 5.32 Å². The van der Waals surface area contributed by atoms with Crippen LogP contribution in [0.3, 0.4) is 0 Å². The molecule has 6 nitrogen and oxygen atoms in total. The number of carbonyl (C=O) groups excluding carboxylic acids is 2. The highest BCUT2D eigenvalue weighted by atomic mass is 16.5. The van der Waals surface area contributed by atoms with Crippen LogP contribution in [0.2, 0.25) is 0 Å². The number of aliphatic hydroxyl groups is 2. The molecule has 2 unspecified atom stereocenters. The van der Waals surface area contributed by atoms with E-state index in [1.165, 1.54) is 250 Å². The summed E-state index contributed by atoms with van der Waals surface area (Å²) < 4.78 is 5.48. The van der Waals surface area contributed by atoms with Crippen LogP contribution in [0.1, 0.15) is 335 Å². The van der Waals surface area contributed by atoms with Gasteiger partial charge in [-0.1, -0.05) is 289 Å². The summed E-state index contributed by atoms with van der Waals surface area (Å²) in [5, 5.41) is 23.2. The fourth-order valence-corrected chi connectivity index (χ4v) is 9.51. The van der Waals surface area contributed by atoms with Crippen molar-refractivity contribution in [1.29, 1.82) is 0 Å². The fraction of sp³-hybridized carbons (Fsp3) is 0.903. The number of esters is 1. The molecule has 0 aromatic heterocycles. The molecule has 0 aliphatic rings. The molecule has 2 atom stereocenters. The van der Waals surface area contributed by atoms with E-state index in [1.807, 2.05) is 6.08 Å². The SMILES string of the molecule is CCCCCCCCCCCCCCCCCCC/C=C/C(O)C(CO)NC(=O)CCCCCCCCC/C=C\CCCCCCCCOC(=O)CCCCCCCCCCCCCCCCC. The number of carbonyl (C=O) groups is 2. The number of amides is 1. The number of nitrogens with one attached hydrogen (secondary N) is 1. The molecule has 0 heterocycles. The van der Waals surface area contributed by atoms with Crippen LogP contribution in [-0.4, -0.2) is 47.4 Å². The third-order valence-electron chi connectivity index (χ3n) is 14.2. The van der Waals surface area contributed by atoms with Crippen LogP contribution in [0.5, 0.6) is 0 Å². The first-order valence-corrected chi connectivity index (χ1v) is 30.6. The Bertz CT molecular complexity index is 1060. The van der Waals surface area contributed by atoms with E-state index in [4.69, 9.17) is 4.74 Å². The summed E-state index contributed by atoms with van der Waals surface area (Å²) in [5.41, 5.74) is 0. The lowest BCUT2D eigenvalue weighted by molar-refractivity contribution is -0.143. The monoisotopic (exact) mass is 958 g/mol. The van der Waals surface area contributed by atoms with Gasteiger partial charge in [-0.2, -0.15) is 0 Å². The summed E-state index contributed by atoms with van der Waals surface area (Å²) in [6.07, 6.45) is 70.6. The van der Waals surface area contributed by atoms with Gasteiger partial charge in [0.25, 0.3) is 0 Å². The summed E-state index contributed by atoms with van der Waals surface area (Å²) in [7, 11) is 0. The summed E-state index contributed by atoms with van der Waals surface area (Å²) >= 11 is 0. The largest absolute Gasteiger partial charge is 0.466 e. The highest BCUT2D eigenvalue weighted by Gasteiger charge is 2.18. The van der Waals surface area contributed by atoms with E-state index in [0.29, 0.717) is 19.4 Å². The van der Waals surface area contributed by atoms with E-state index >= 15 is 0 Å².